The fraction of sp³-hybridized carbons (Fsp3) is 1.00. The number of rotatable bonds is 4. The van der Waals surface area contributed by atoms with E-state index in [0.29, 0.717) is 0 Å². The standard InChI is InChI=1S/C3H8O6S2.Mg/c4-10(5,6)2-1-3-11(7,8)9;/h1-3H2,(H,4,5,6)(H,7,8,9);/q;+2/p-2. The van der Waals surface area contributed by atoms with Gasteiger partial charge in [-0.2, -0.15) is 0 Å². The molecular weight excluding hydrogens is 220 g/mol. The van der Waals surface area contributed by atoms with E-state index in [1.807, 2.05) is 0 Å². The summed E-state index contributed by atoms with van der Waals surface area (Å²) in [4.78, 5) is 0. The molecular formula is C3H6MgO6S2. The smallest absolute Gasteiger partial charge is 0.748 e. The zero-order valence-corrected chi connectivity index (χ0v) is 9.14. The fourth-order valence-electron chi connectivity index (χ4n) is 0.412. The van der Waals surface area contributed by atoms with E-state index in [0.717, 1.165) is 0 Å². The van der Waals surface area contributed by atoms with E-state index < -0.39 is 38.2 Å². The molecule has 0 unspecified atom stereocenters. The predicted molar refractivity (Wildman–Crippen MR) is 39.5 cm³/mol. The van der Waals surface area contributed by atoms with Gasteiger partial charge in [0.15, 0.2) is 0 Å². The molecule has 0 saturated heterocycles. The van der Waals surface area contributed by atoms with Crippen molar-refractivity contribution in [3.63, 3.8) is 0 Å². The van der Waals surface area contributed by atoms with Gasteiger partial charge in [0, 0.05) is 11.5 Å². The van der Waals surface area contributed by atoms with Crippen LogP contribution in [-0.4, -0.2) is 60.5 Å². The van der Waals surface area contributed by atoms with Gasteiger partial charge in [-0.25, -0.2) is 16.8 Å². The van der Waals surface area contributed by atoms with Crippen LogP contribution < -0.4 is 0 Å². The largest absolute Gasteiger partial charge is 2.00 e. The molecule has 0 aromatic carbocycles. The number of hydrogen-bond donors (Lipinski definition) is 0. The van der Waals surface area contributed by atoms with E-state index in [4.69, 9.17) is 0 Å². The molecule has 0 aliphatic carbocycles. The molecule has 6 nitrogen and oxygen atoms in total. The van der Waals surface area contributed by atoms with Gasteiger partial charge < -0.3 is 9.11 Å². The Morgan fingerprint density at radius 3 is 1.25 bits per heavy atom. The molecule has 9 heteroatoms. The summed E-state index contributed by atoms with van der Waals surface area (Å²) in [7, 11) is -8.80. The van der Waals surface area contributed by atoms with Gasteiger partial charge in [0.2, 0.25) is 0 Å². The molecule has 0 amide bonds. The first-order valence-electron chi connectivity index (χ1n) is 2.58. The minimum Gasteiger partial charge on any atom is -0.748 e. The van der Waals surface area contributed by atoms with E-state index in [9.17, 15) is 25.9 Å². The molecule has 0 rings (SSSR count). The molecule has 0 bridgehead atoms. The second-order valence-corrected chi connectivity index (χ2v) is 4.92. The van der Waals surface area contributed by atoms with Gasteiger partial charge in [-0.05, 0) is 6.42 Å². The monoisotopic (exact) mass is 226 g/mol. The Labute approximate surface area is 87.0 Å². The molecule has 0 aromatic rings. The van der Waals surface area contributed by atoms with E-state index in [1.165, 1.54) is 0 Å². The van der Waals surface area contributed by atoms with Crippen molar-refractivity contribution in [2.24, 2.45) is 0 Å². The minimum atomic E-state index is -4.40. The van der Waals surface area contributed by atoms with E-state index >= 15 is 0 Å². The first kappa shape index (κ1) is 15.1. The Morgan fingerprint density at radius 2 is 1.08 bits per heavy atom. The molecule has 0 heterocycles. The maximum atomic E-state index is 9.86. The zero-order valence-electron chi connectivity index (χ0n) is 6.09. The topological polar surface area (TPSA) is 114 Å². The molecule has 0 aliphatic heterocycles. The van der Waals surface area contributed by atoms with Gasteiger partial charge in [-0.15, -0.1) is 0 Å². The van der Waals surface area contributed by atoms with Crippen LogP contribution in [0.2, 0.25) is 0 Å². The molecule has 0 aromatic heterocycles. The van der Waals surface area contributed by atoms with Crippen LogP contribution in [0.15, 0.2) is 0 Å². The Hall–Kier alpha value is 0.586. The van der Waals surface area contributed by atoms with E-state index in [1.54, 1.807) is 0 Å². The Balaban J connectivity index is 0. The van der Waals surface area contributed by atoms with Crippen LogP contribution >= 0.6 is 0 Å². The first-order chi connectivity index (χ1) is 4.71. The molecule has 68 valence electrons. The van der Waals surface area contributed by atoms with Crippen molar-refractivity contribution in [1.82, 2.24) is 0 Å². The maximum Gasteiger partial charge on any atom is 2.00 e. The molecule has 0 radical (unpaired) electrons. The zero-order chi connectivity index (χ0) is 9.12. The summed E-state index contributed by atoms with van der Waals surface area (Å²) in [6, 6.07) is 0. The summed E-state index contributed by atoms with van der Waals surface area (Å²) in [6.45, 7) is 0. The van der Waals surface area contributed by atoms with E-state index in [-0.39, 0.29) is 23.1 Å². The Morgan fingerprint density at radius 1 is 0.833 bits per heavy atom. The van der Waals surface area contributed by atoms with Crippen molar-refractivity contribution >= 4 is 43.3 Å². The van der Waals surface area contributed by atoms with Gasteiger partial charge in [0.25, 0.3) is 0 Å². The van der Waals surface area contributed by atoms with Crippen LogP contribution in [0.3, 0.4) is 0 Å². The first-order valence-corrected chi connectivity index (χ1v) is 5.73. The molecule has 0 saturated carbocycles. The van der Waals surface area contributed by atoms with Crippen molar-refractivity contribution in [2.75, 3.05) is 11.5 Å². The second-order valence-electron chi connectivity index (χ2n) is 1.88. The van der Waals surface area contributed by atoms with Crippen LogP contribution in [0.5, 0.6) is 0 Å². The molecule has 0 fully saturated rings. The van der Waals surface area contributed by atoms with Gasteiger partial charge in [0.1, 0.15) is 0 Å². The van der Waals surface area contributed by atoms with Crippen LogP contribution in [0.1, 0.15) is 6.42 Å². The van der Waals surface area contributed by atoms with Crippen LogP contribution in [0.25, 0.3) is 0 Å². The fourth-order valence-corrected chi connectivity index (χ4v) is 1.59. The molecule has 0 aliphatic rings. The van der Waals surface area contributed by atoms with E-state index in [2.05, 4.69) is 0 Å². The van der Waals surface area contributed by atoms with Crippen LogP contribution in [0.4, 0.5) is 0 Å². The van der Waals surface area contributed by atoms with Crippen molar-refractivity contribution < 1.29 is 25.9 Å². The third-order valence-corrected chi connectivity index (χ3v) is 2.37. The average molecular weight is 227 g/mol. The van der Waals surface area contributed by atoms with Crippen molar-refractivity contribution in [3.05, 3.63) is 0 Å². The van der Waals surface area contributed by atoms with Gasteiger partial charge >= 0.3 is 23.1 Å². The summed E-state index contributed by atoms with van der Waals surface area (Å²) in [5.41, 5.74) is 0. The predicted octanol–water partition coefficient (Wildman–Crippen LogP) is -1.91. The summed E-state index contributed by atoms with van der Waals surface area (Å²) in [5, 5.41) is 0. The minimum absolute atomic E-state index is 0. The van der Waals surface area contributed by atoms with Gasteiger partial charge in [-0.3, -0.25) is 0 Å². The third-order valence-electron chi connectivity index (χ3n) is 0.789. The van der Waals surface area contributed by atoms with Crippen LogP contribution in [-0.2, 0) is 20.2 Å². The van der Waals surface area contributed by atoms with Crippen molar-refractivity contribution in [2.45, 2.75) is 6.42 Å². The molecule has 0 atom stereocenters. The normalized spacial score (nSPS) is 12.2. The van der Waals surface area contributed by atoms with Crippen LogP contribution in [0, 0.1) is 0 Å². The Kier molecular flexibility index (Phi) is 6.72. The SMILES string of the molecule is O=S(=O)([O-])CCCS(=O)(=O)[O-].[Mg+2]. The average Bonchev–Trinajstić information content (AvgIpc) is 1.55. The summed E-state index contributed by atoms with van der Waals surface area (Å²) >= 11 is 0. The summed E-state index contributed by atoms with van der Waals surface area (Å²) in [5.74, 6) is -1.62. The number of hydrogen-bond acceptors (Lipinski definition) is 6. The quantitative estimate of drug-likeness (QED) is 0.408. The van der Waals surface area contributed by atoms with Gasteiger partial charge in [-0.1, -0.05) is 0 Å². The van der Waals surface area contributed by atoms with Gasteiger partial charge in [0.05, 0.1) is 20.2 Å². The second kappa shape index (κ2) is 5.34. The third kappa shape index (κ3) is 13.2. The Bertz CT molecular complexity index is 270. The summed E-state index contributed by atoms with van der Waals surface area (Å²) in [6.07, 6.45) is -0.433. The molecule has 12 heavy (non-hydrogen) atoms. The molecule has 0 spiro atoms. The summed E-state index contributed by atoms with van der Waals surface area (Å²) < 4.78 is 59.2. The molecule has 0 N–H and O–H groups in total. The van der Waals surface area contributed by atoms with Crippen molar-refractivity contribution in [3.8, 4) is 0 Å². The van der Waals surface area contributed by atoms with Crippen molar-refractivity contribution in [1.29, 1.82) is 0 Å². The maximum absolute atomic E-state index is 9.86.